The van der Waals surface area contributed by atoms with Crippen LogP contribution in [0.4, 0.5) is 0 Å². The molecule has 0 saturated heterocycles. The van der Waals surface area contributed by atoms with Crippen LogP contribution >= 0.6 is 11.8 Å². The monoisotopic (exact) mass is 275 g/mol. The quantitative estimate of drug-likeness (QED) is 0.853. The molecule has 0 aliphatic carbocycles. The molecule has 19 heavy (non-hydrogen) atoms. The molecule has 1 aromatic heterocycles. The number of carbonyl (C=O) groups excluding carboxylic acids is 1. The van der Waals surface area contributed by atoms with Crippen molar-refractivity contribution in [2.45, 2.75) is 18.4 Å². The summed E-state index contributed by atoms with van der Waals surface area (Å²) in [6.07, 6.45) is 3.54. The van der Waals surface area contributed by atoms with E-state index in [1.807, 2.05) is 19.2 Å². The Hall–Kier alpha value is -1.75. The van der Waals surface area contributed by atoms with Crippen molar-refractivity contribution in [2.24, 2.45) is 0 Å². The number of thioether (sulfide) groups is 1. The van der Waals surface area contributed by atoms with E-state index in [0.29, 0.717) is 12.3 Å². The van der Waals surface area contributed by atoms with Gasteiger partial charge in [0.2, 0.25) is 5.91 Å². The number of carbonyl (C=O) groups is 1. The fourth-order valence-corrected chi connectivity index (χ4v) is 2.45. The van der Waals surface area contributed by atoms with Crippen LogP contribution in [0.5, 0.6) is 0 Å². The van der Waals surface area contributed by atoms with E-state index in [9.17, 15) is 4.79 Å². The van der Waals surface area contributed by atoms with Gasteiger partial charge in [-0.3, -0.25) is 9.89 Å². The Balaban J connectivity index is 1.82. The predicted octanol–water partition coefficient (Wildman–Crippen LogP) is 2.47. The van der Waals surface area contributed by atoms with E-state index in [2.05, 4.69) is 29.3 Å². The van der Waals surface area contributed by atoms with Gasteiger partial charge in [0.1, 0.15) is 0 Å². The molecule has 1 heterocycles. The minimum absolute atomic E-state index is 0.117. The lowest BCUT2D eigenvalue weighted by molar-refractivity contribution is -0.127. The fraction of sp³-hybridized carbons (Fsp3) is 0.286. The second kappa shape index (κ2) is 6.43. The summed E-state index contributed by atoms with van der Waals surface area (Å²) in [5, 5.41) is 6.61. The molecule has 1 aromatic carbocycles. The highest BCUT2D eigenvalue weighted by Crippen LogP contribution is 2.18. The first kappa shape index (κ1) is 13.7. The Morgan fingerprint density at radius 3 is 2.74 bits per heavy atom. The van der Waals surface area contributed by atoms with Gasteiger partial charge in [-0.15, -0.1) is 11.8 Å². The highest BCUT2D eigenvalue weighted by Gasteiger charge is 2.10. The van der Waals surface area contributed by atoms with Gasteiger partial charge in [0, 0.05) is 30.2 Å². The molecule has 1 N–H and O–H groups in total. The zero-order valence-electron chi connectivity index (χ0n) is 11.1. The minimum Gasteiger partial charge on any atom is -0.341 e. The molecule has 0 spiro atoms. The van der Waals surface area contributed by atoms with Gasteiger partial charge in [0.05, 0.1) is 11.9 Å². The molecule has 0 aliphatic rings. The van der Waals surface area contributed by atoms with Gasteiger partial charge in [-0.2, -0.15) is 5.10 Å². The molecule has 0 bridgehead atoms. The number of H-pyrrole nitrogens is 1. The number of nitrogens with zero attached hydrogens (tertiary/aromatic N) is 2. The van der Waals surface area contributed by atoms with E-state index >= 15 is 0 Å². The lowest BCUT2D eigenvalue weighted by Gasteiger charge is -2.15. The molecule has 0 fully saturated rings. The summed E-state index contributed by atoms with van der Waals surface area (Å²) in [6.45, 7) is 2.64. The number of aryl methyl sites for hydroxylation is 1. The van der Waals surface area contributed by atoms with Gasteiger partial charge < -0.3 is 4.90 Å². The number of benzene rings is 1. The largest absolute Gasteiger partial charge is 0.341 e. The molecule has 2 rings (SSSR count). The van der Waals surface area contributed by atoms with E-state index in [4.69, 9.17) is 0 Å². The fourth-order valence-electron chi connectivity index (χ4n) is 1.62. The first-order chi connectivity index (χ1) is 9.15. The van der Waals surface area contributed by atoms with E-state index in [-0.39, 0.29) is 5.91 Å². The van der Waals surface area contributed by atoms with Gasteiger partial charge in [-0.05, 0) is 19.1 Å². The first-order valence-electron chi connectivity index (χ1n) is 6.06. The van der Waals surface area contributed by atoms with Crippen LogP contribution < -0.4 is 0 Å². The third-order valence-corrected chi connectivity index (χ3v) is 3.78. The minimum atomic E-state index is 0.117. The van der Waals surface area contributed by atoms with Crippen molar-refractivity contribution in [2.75, 3.05) is 12.8 Å². The number of aromatic nitrogens is 2. The normalized spacial score (nSPS) is 10.4. The molecule has 2 aromatic rings. The SMILES string of the molecule is Cc1ccc(SCC(=O)N(C)Cc2cn[nH]c2)cc1. The number of hydrogen-bond acceptors (Lipinski definition) is 3. The van der Waals surface area contributed by atoms with Crippen molar-refractivity contribution < 1.29 is 4.79 Å². The van der Waals surface area contributed by atoms with Crippen molar-refractivity contribution in [1.29, 1.82) is 0 Å². The summed E-state index contributed by atoms with van der Waals surface area (Å²) in [5.41, 5.74) is 2.24. The van der Waals surface area contributed by atoms with Crippen molar-refractivity contribution in [3.8, 4) is 0 Å². The van der Waals surface area contributed by atoms with Crippen LogP contribution in [0.1, 0.15) is 11.1 Å². The average Bonchev–Trinajstić information content (AvgIpc) is 2.90. The van der Waals surface area contributed by atoms with Crippen molar-refractivity contribution >= 4 is 17.7 Å². The van der Waals surface area contributed by atoms with Crippen LogP contribution in [0.15, 0.2) is 41.6 Å². The zero-order valence-corrected chi connectivity index (χ0v) is 11.9. The van der Waals surface area contributed by atoms with Gasteiger partial charge in [-0.25, -0.2) is 0 Å². The van der Waals surface area contributed by atoms with E-state index in [1.165, 1.54) is 5.56 Å². The third kappa shape index (κ3) is 4.13. The Kier molecular flexibility index (Phi) is 4.63. The number of rotatable bonds is 5. The standard InChI is InChI=1S/C14H17N3OS/c1-11-3-5-13(6-4-11)19-10-14(18)17(2)9-12-7-15-16-8-12/h3-8H,9-10H2,1-2H3,(H,15,16). The van der Waals surface area contributed by atoms with Crippen molar-refractivity contribution in [1.82, 2.24) is 15.1 Å². The highest BCUT2D eigenvalue weighted by atomic mass is 32.2. The molecule has 100 valence electrons. The third-order valence-electron chi connectivity index (χ3n) is 2.78. The topological polar surface area (TPSA) is 49.0 Å². The van der Waals surface area contributed by atoms with Crippen LogP contribution in [0.25, 0.3) is 0 Å². The molecule has 0 aliphatic heterocycles. The molecule has 0 unspecified atom stereocenters. The summed E-state index contributed by atoms with van der Waals surface area (Å²) in [6, 6.07) is 8.21. The van der Waals surface area contributed by atoms with Crippen LogP contribution in [0.2, 0.25) is 0 Å². The van der Waals surface area contributed by atoms with Gasteiger partial charge >= 0.3 is 0 Å². The number of amides is 1. The van der Waals surface area contributed by atoms with E-state index < -0.39 is 0 Å². The molecule has 0 radical (unpaired) electrons. The first-order valence-corrected chi connectivity index (χ1v) is 7.05. The van der Waals surface area contributed by atoms with Gasteiger partial charge in [0.25, 0.3) is 0 Å². The molecule has 0 atom stereocenters. The molecule has 4 nitrogen and oxygen atoms in total. The zero-order chi connectivity index (χ0) is 13.7. The molecular formula is C14H17N3OS. The summed E-state index contributed by atoms with van der Waals surface area (Å²) in [4.78, 5) is 14.8. The molecule has 1 amide bonds. The summed E-state index contributed by atoms with van der Waals surface area (Å²) in [7, 11) is 1.81. The van der Waals surface area contributed by atoms with Gasteiger partial charge in [0.15, 0.2) is 0 Å². The lowest BCUT2D eigenvalue weighted by atomic mass is 10.2. The van der Waals surface area contributed by atoms with E-state index in [1.54, 1.807) is 29.1 Å². The molecular weight excluding hydrogens is 258 g/mol. The summed E-state index contributed by atoms with van der Waals surface area (Å²) >= 11 is 1.56. The summed E-state index contributed by atoms with van der Waals surface area (Å²) in [5.74, 6) is 0.573. The average molecular weight is 275 g/mol. The van der Waals surface area contributed by atoms with Crippen LogP contribution in [-0.4, -0.2) is 33.8 Å². The Labute approximate surface area is 117 Å². The Bertz CT molecular complexity index is 522. The van der Waals surface area contributed by atoms with E-state index in [0.717, 1.165) is 10.5 Å². The lowest BCUT2D eigenvalue weighted by Crippen LogP contribution is -2.27. The predicted molar refractivity (Wildman–Crippen MR) is 77.0 cm³/mol. The van der Waals surface area contributed by atoms with Gasteiger partial charge in [-0.1, -0.05) is 17.7 Å². The molecule has 0 saturated carbocycles. The summed E-state index contributed by atoms with van der Waals surface area (Å²) < 4.78 is 0. The van der Waals surface area contributed by atoms with Crippen molar-refractivity contribution in [3.05, 3.63) is 47.8 Å². The number of aromatic amines is 1. The maximum absolute atomic E-state index is 12.0. The Morgan fingerprint density at radius 1 is 1.37 bits per heavy atom. The van der Waals surface area contributed by atoms with Crippen LogP contribution in [-0.2, 0) is 11.3 Å². The highest BCUT2D eigenvalue weighted by molar-refractivity contribution is 8.00. The number of hydrogen-bond donors (Lipinski definition) is 1. The Morgan fingerprint density at radius 2 is 2.11 bits per heavy atom. The number of nitrogens with one attached hydrogen (secondary N) is 1. The second-order valence-corrected chi connectivity index (χ2v) is 5.51. The maximum Gasteiger partial charge on any atom is 0.232 e. The van der Waals surface area contributed by atoms with Crippen LogP contribution in [0.3, 0.4) is 0 Å². The maximum atomic E-state index is 12.0. The second-order valence-electron chi connectivity index (χ2n) is 4.46. The van der Waals surface area contributed by atoms with Crippen LogP contribution in [0, 0.1) is 6.92 Å². The molecule has 5 heteroatoms. The smallest absolute Gasteiger partial charge is 0.232 e. The van der Waals surface area contributed by atoms with Crippen molar-refractivity contribution in [3.63, 3.8) is 0 Å².